The van der Waals surface area contributed by atoms with Gasteiger partial charge in [0.25, 0.3) is 0 Å². The number of carbonyl (C=O) groups excluding carboxylic acids is 4. The number of amides is 3. The fourth-order valence-corrected chi connectivity index (χ4v) is 11.3. The van der Waals surface area contributed by atoms with Crippen molar-refractivity contribution in [1.82, 2.24) is 20.5 Å². The number of hydrogen-bond acceptors (Lipinski definition) is 10. The Morgan fingerprint density at radius 2 is 1.65 bits per heavy atom. The molecule has 1 aromatic heterocycles. The minimum absolute atomic E-state index is 0.00588. The van der Waals surface area contributed by atoms with Crippen molar-refractivity contribution in [2.24, 2.45) is 22.2 Å². The molecule has 4 aromatic rings. The number of nitriles is 1. The van der Waals surface area contributed by atoms with Crippen molar-refractivity contribution in [1.29, 1.82) is 5.26 Å². The zero-order valence-electron chi connectivity index (χ0n) is 41.0. The van der Waals surface area contributed by atoms with Crippen LogP contribution in [0.2, 0.25) is 5.02 Å². The number of ketones is 1. The molecule has 2 fully saturated rings. The standard InChI is InChI=1S/C54H68ClN5O7S/c1-33(36-19-21-38(22-20-36)47-34(2)57-32-68-47)58-49(64)43-26-40(61)30-60(43)50(65)48(52(3,4)5)59-46(63)31-66-25-13-11-10-12-14-35-15-17-37(18-16-35)44(62)28-45-53(6,7)51(54(45,8)9)67-41-24-23-39(29-56)42(55)27-41/h15-24,27,32-33,40,43,45,48,51,61H,10-14,25-26,28,30-31H2,1-9H3,(H,58,64)(H,59,63)/t33-,40+,43-,45?,48+,51?/m0/s1. The Morgan fingerprint density at radius 1 is 0.971 bits per heavy atom. The van der Waals surface area contributed by atoms with Crippen LogP contribution in [0.4, 0.5) is 0 Å². The number of nitrogens with one attached hydrogen (secondary N) is 2. The Morgan fingerprint density at radius 3 is 2.26 bits per heavy atom. The first kappa shape index (κ1) is 52.2. The predicted molar refractivity (Wildman–Crippen MR) is 266 cm³/mol. The van der Waals surface area contributed by atoms with Crippen LogP contribution in [0, 0.1) is 40.4 Å². The molecule has 0 unspecified atom stereocenters. The van der Waals surface area contributed by atoms with Crippen molar-refractivity contribution < 1.29 is 33.8 Å². The number of aliphatic hydroxyl groups excluding tert-OH is 1. The summed E-state index contributed by atoms with van der Waals surface area (Å²) >= 11 is 7.83. The molecule has 2 heterocycles. The van der Waals surface area contributed by atoms with Crippen LogP contribution in [0.5, 0.6) is 5.75 Å². The lowest BCUT2D eigenvalue weighted by Crippen LogP contribution is -2.66. The van der Waals surface area contributed by atoms with Crippen LogP contribution in [-0.4, -0.2) is 82.5 Å². The highest BCUT2D eigenvalue weighted by molar-refractivity contribution is 7.13. The second kappa shape index (κ2) is 22.1. The minimum atomic E-state index is -0.941. The van der Waals surface area contributed by atoms with E-state index in [4.69, 9.17) is 21.1 Å². The fourth-order valence-electron chi connectivity index (χ4n) is 10.2. The number of likely N-dealkylation sites (tertiary alicyclic amines) is 1. The number of Topliss-reactive ketones (excluding diaryl/α,β-unsaturated/α-hetero) is 1. The molecule has 14 heteroatoms. The summed E-state index contributed by atoms with van der Waals surface area (Å²) in [6, 6.07) is 20.9. The average Bonchev–Trinajstić information content (AvgIpc) is 3.91. The van der Waals surface area contributed by atoms with Gasteiger partial charge in [0.2, 0.25) is 17.7 Å². The molecule has 1 saturated heterocycles. The number of ether oxygens (including phenoxy) is 2. The van der Waals surface area contributed by atoms with Gasteiger partial charge < -0.3 is 30.1 Å². The van der Waals surface area contributed by atoms with Crippen molar-refractivity contribution >= 4 is 46.4 Å². The van der Waals surface area contributed by atoms with E-state index in [0.717, 1.165) is 53.8 Å². The highest BCUT2D eigenvalue weighted by Gasteiger charge is 2.63. The summed E-state index contributed by atoms with van der Waals surface area (Å²) in [7, 11) is 0. The molecular formula is C54H68ClN5O7S. The molecule has 68 heavy (non-hydrogen) atoms. The summed E-state index contributed by atoms with van der Waals surface area (Å²) in [6.45, 7) is 18.2. The number of β-amino-alcohol motifs (C(OH)–C–C–N with tert-alkyl or cyclic N) is 1. The second-order valence-corrected chi connectivity index (χ2v) is 22.1. The van der Waals surface area contributed by atoms with Crippen LogP contribution >= 0.6 is 22.9 Å². The van der Waals surface area contributed by atoms with Crippen molar-refractivity contribution in [2.45, 2.75) is 138 Å². The SMILES string of the molecule is Cc1ncsc1-c1ccc([C@H](C)NC(=O)[C@@H]2C[C@@H](O)CN2C(=O)[C@@H](NC(=O)COCCCCCCc2ccc(C(=O)CC3C(C)(C)C(Oc4ccc(C#N)c(Cl)c4)C3(C)C)cc2)C(C)(C)C)cc1. The van der Waals surface area contributed by atoms with Gasteiger partial charge in [-0.2, -0.15) is 5.26 Å². The maximum atomic E-state index is 14.1. The van der Waals surface area contributed by atoms with Gasteiger partial charge in [0.05, 0.1) is 38.8 Å². The van der Waals surface area contributed by atoms with Crippen LogP contribution in [0.15, 0.2) is 72.2 Å². The Labute approximate surface area is 411 Å². The number of hydrogen-bond donors (Lipinski definition) is 3. The smallest absolute Gasteiger partial charge is 0.246 e. The summed E-state index contributed by atoms with van der Waals surface area (Å²) in [5, 5.41) is 26.1. The van der Waals surface area contributed by atoms with Crippen molar-refractivity contribution in [3.8, 4) is 22.3 Å². The summed E-state index contributed by atoms with van der Waals surface area (Å²) < 4.78 is 12.1. The van der Waals surface area contributed by atoms with Crippen molar-refractivity contribution in [2.75, 3.05) is 19.8 Å². The van der Waals surface area contributed by atoms with Gasteiger partial charge in [0, 0.05) is 48.5 Å². The minimum Gasteiger partial charge on any atom is -0.489 e. The lowest BCUT2D eigenvalue weighted by molar-refractivity contribution is -0.196. The van der Waals surface area contributed by atoms with Gasteiger partial charge >= 0.3 is 0 Å². The third-order valence-electron chi connectivity index (χ3n) is 13.9. The van der Waals surface area contributed by atoms with Crippen LogP contribution in [0.25, 0.3) is 10.4 Å². The van der Waals surface area contributed by atoms with Crippen LogP contribution < -0.4 is 15.4 Å². The summed E-state index contributed by atoms with van der Waals surface area (Å²) in [5.41, 5.74) is 5.83. The number of nitrogens with zero attached hydrogens (tertiary/aromatic N) is 3. The predicted octanol–water partition coefficient (Wildman–Crippen LogP) is 9.84. The third-order valence-corrected chi connectivity index (χ3v) is 15.2. The van der Waals surface area contributed by atoms with Crippen LogP contribution in [0.3, 0.4) is 0 Å². The van der Waals surface area contributed by atoms with Crippen molar-refractivity contribution in [3.63, 3.8) is 0 Å². The van der Waals surface area contributed by atoms with Gasteiger partial charge in [0.1, 0.15) is 36.6 Å². The van der Waals surface area contributed by atoms with E-state index in [0.29, 0.717) is 34.9 Å². The lowest BCUT2D eigenvalue weighted by Gasteiger charge is -2.63. The van der Waals surface area contributed by atoms with E-state index in [9.17, 15) is 29.5 Å². The number of aromatic nitrogens is 1. The zero-order chi connectivity index (χ0) is 49.6. The number of aryl methyl sites for hydroxylation is 2. The van der Waals surface area contributed by atoms with Gasteiger partial charge in [0.15, 0.2) is 5.78 Å². The number of unbranched alkanes of at least 4 members (excludes halogenated alkanes) is 3. The Kier molecular flexibility index (Phi) is 17.0. The molecule has 0 radical (unpaired) electrons. The quantitative estimate of drug-likeness (QED) is 0.0576. The van der Waals surface area contributed by atoms with Gasteiger partial charge in [-0.3, -0.25) is 19.2 Å². The molecule has 0 spiro atoms. The van der Waals surface area contributed by atoms with E-state index >= 15 is 0 Å². The molecule has 1 aliphatic heterocycles. The van der Waals surface area contributed by atoms with Crippen molar-refractivity contribution in [3.05, 3.63) is 105 Å². The topological polar surface area (TPSA) is 171 Å². The Hall–Kier alpha value is -5.13. The highest BCUT2D eigenvalue weighted by atomic mass is 35.5. The molecule has 12 nitrogen and oxygen atoms in total. The normalized spacial score (nSPS) is 20.4. The number of halogens is 1. The number of benzene rings is 3. The van der Waals surface area contributed by atoms with E-state index in [1.54, 1.807) is 29.5 Å². The van der Waals surface area contributed by atoms with Gasteiger partial charge in [-0.25, -0.2) is 4.98 Å². The molecule has 3 aromatic carbocycles. The van der Waals surface area contributed by atoms with Crippen LogP contribution in [-0.2, 0) is 25.5 Å². The molecule has 1 saturated carbocycles. The van der Waals surface area contributed by atoms with E-state index < -0.39 is 35.4 Å². The summed E-state index contributed by atoms with van der Waals surface area (Å²) in [4.78, 5) is 61.2. The highest BCUT2D eigenvalue weighted by Crippen LogP contribution is 2.62. The molecule has 6 rings (SSSR count). The number of thiazole rings is 1. The first-order valence-electron chi connectivity index (χ1n) is 23.8. The molecule has 4 atom stereocenters. The Bertz CT molecular complexity index is 2440. The zero-order valence-corrected chi connectivity index (χ0v) is 42.6. The largest absolute Gasteiger partial charge is 0.489 e. The Balaban J connectivity index is 0.887. The van der Waals surface area contributed by atoms with Gasteiger partial charge in [-0.15, -0.1) is 11.3 Å². The van der Waals surface area contributed by atoms with E-state index in [1.807, 2.05) is 88.7 Å². The lowest BCUT2D eigenvalue weighted by atomic mass is 9.44. The number of rotatable bonds is 20. The molecule has 3 N–H and O–H groups in total. The molecule has 2 aliphatic rings. The first-order chi connectivity index (χ1) is 32.1. The third kappa shape index (κ3) is 12.4. The first-order valence-corrected chi connectivity index (χ1v) is 25.0. The maximum absolute atomic E-state index is 14.1. The number of aliphatic hydroxyl groups is 1. The number of carbonyl (C=O) groups is 4. The average molecular weight is 967 g/mol. The van der Waals surface area contributed by atoms with E-state index in [1.165, 1.54) is 10.5 Å². The molecule has 0 bridgehead atoms. The van der Waals surface area contributed by atoms with E-state index in [-0.39, 0.29) is 60.2 Å². The molecule has 364 valence electrons. The van der Waals surface area contributed by atoms with Gasteiger partial charge in [-0.05, 0) is 73.3 Å². The fraction of sp³-hybridized carbons (Fsp3) is 0.519. The second-order valence-electron chi connectivity index (χ2n) is 20.9. The maximum Gasteiger partial charge on any atom is 0.246 e. The van der Waals surface area contributed by atoms with Gasteiger partial charge in [-0.1, -0.05) is 121 Å². The summed E-state index contributed by atoms with van der Waals surface area (Å²) in [5.74, 6) is -0.364. The molecule has 1 aliphatic carbocycles. The molecular weight excluding hydrogens is 898 g/mol. The van der Waals surface area contributed by atoms with E-state index in [2.05, 4.69) is 49.4 Å². The summed E-state index contributed by atoms with van der Waals surface area (Å²) in [6.07, 6.45) is 4.07. The monoisotopic (exact) mass is 965 g/mol. The van der Waals surface area contributed by atoms with Crippen LogP contribution in [0.1, 0.15) is 133 Å². The molecule has 3 amide bonds.